The van der Waals surface area contributed by atoms with Crippen LogP contribution in [0.15, 0.2) is 73.3 Å². The van der Waals surface area contributed by atoms with Crippen LogP contribution in [0.25, 0.3) is 22.4 Å². The Labute approximate surface area is 205 Å². The average Bonchev–Trinajstić information content (AvgIpc) is 2.85. The predicted octanol–water partition coefficient (Wildman–Crippen LogP) is 6.01. The average molecular weight is 498 g/mol. The zero-order valence-electron chi connectivity index (χ0n) is 19.9. The van der Waals surface area contributed by atoms with Crippen LogP contribution in [-0.2, 0) is 13.9 Å². The number of hydrogen-bond acceptors (Lipinski definition) is 6. The predicted molar refractivity (Wildman–Crippen MR) is 135 cm³/mol. The third-order valence-corrected chi connectivity index (χ3v) is 7.07. The van der Waals surface area contributed by atoms with Crippen molar-refractivity contribution in [1.82, 2.24) is 4.98 Å². The van der Waals surface area contributed by atoms with Gasteiger partial charge in [-0.15, -0.1) is 6.58 Å². The summed E-state index contributed by atoms with van der Waals surface area (Å²) in [4.78, 5) is 17.7. The first-order valence-corrected chi connectivity index (χ1v) is 12.6. The molecule has 184 valence electrons. The molecule has 2 aromatic carbocycles. The lowest BCUT2D eigenvalue weighted by Crippen LogP contribution is -2.27. The number of benzene rings is 2. The van der Waals surface area contributed by atoms with Crippen LogP contribution in [0.4, 0.5) is 4.39 Å². The largest absolute Gasteiger partial charge is 0.424 e. The Morgan fingerprint density at radius 1 is 1.14 bits per heavy atom. The second kappa shape index (κ2) is 12.0. The lowest BCUT2D eigenvalue weighted by atomic mass is 9.97. The molecule has 3 atom stereocenters. The number of halogens is 1. The van der Waals surface area contributed by atoms with Crippen LogP contribution in [0, 0.1) is 5.82 Å². The third kappa shape index (κ3) is 6.51. The van der Waals surface area contributed by atoms with E-state index in [1.807, 2.05) is 44.2 Å². The molecule has 0 amide bonds. The fraction of sp³-hybridized carbons (Fsp3) is 0.259. The Balaban J connectivity index is 2.06. The van der Waals surface area contributed by atoms with Crippen LogP contribution in [0.3, 0.4) is 0 Å². The van der Waals surface area contributed by atoms with Crippen molar-refractivity contribution in [3.63, 3.8) is 0 Å². The van der Waals surface area contributed by atoms with Gasteiger partial charge in [-0.3, -0.25) is 9.36 Å². The molecule has 3 unspecified atom stereocenters. The molecule has 0 saturated heterocycles. The fourth-order valence-corrected chi connectivity index (χ4v) is 4.55. The van der Waals surface area contributed by atoms with Gasteiger partial charge >= 0.3 is 5.97 Å². The quantitative estimate of drug-likeness (QED) is 0.210. The van der Waals surface area contributed by atoms with E-state index in [1.54, 1.807) is 18.2 Å². The lowest BCUT2D eigenvalue weighted by molar-refractivity contribution is -0.136. The van der Waals surface area contributed by atoms with E-state index in [4.69, 9.17) is 14.2 Å². The highest BCUT2D eigenvalue weighted by atomic mass is 31.1. The van der Waals surface area contributed by atoms with Crippen molar-refractivity contribution in [2.24, 2.45) is 0 Å². The zero-order valence-corrected chi connectivity index (χ0v) is 20.9. The minimum Gasteiger partial charge on any atom is -0.424 e. The monoisotopic (exact) mass is 497 g/mol. The summed E-state index contributed by atoms with van der Waals surface area (Å²) in [7, 11) is -1.35. The standard InChI is InChI=1S/C27H29FNO5P/c1-5-24(35(32)33-4)23(30)16-25(31)34-27-21(18-11-13-20(28)14-12-18)15-22(29-26(27)17(2)3)19-9-7-6-8-10-19/h5-15,17,23-24,30,35H,1,16H2,2-4H3. The second-order valence-corrected chi connectivity index (χ2v) is 10.0. The van der Waals surface area contributed by atoms with Crippen molar-refractivity contribution in [3.05, 3.63) is 84.8 Å². The maximum Gasteiger partial charge on any atom is 0.313 e. The molecule has 0 saturated carbocycles. The molecule has 0 fully saturated rings. The summed E-state index contributed by atoms with van der Waals surface area (Å²) >= 11 is 0. The summed E-state index contributed by atoms with van der Waals surface area (Å²) in [6, 6.07) is 17.2. The summed E-state index contributed by atoms with van der Waals surface area (Å²) in [6.07, 6.45) is -0.403. The minimum absolute atomic E-state index is 0.114. The van der Waals surface area contributed by atoms with Crippen molar-refractivity contribution in [3.8, 4) is 28.1 Å². The van der Waals surface area contributed by atoms with Gasteiger partial charge in [-0.25, -0.2) is 9.37 Å². The smallest absolute Gasteiger partial charge is 0.313 e. The number of ether oxygens (including phenoxy) is 1. The van der Waals surface area contributed by atoms with E-state index in [-0.39, 0.29) is 17.5 Å². The van der Waals surface area contributed by atoms with Gasteiger partial charge in [0.05, 0.1) is 29.6 Å². The highest BCUT2D eigenvalue weighted by Crippen LogP contribution is 2.39. The first-order chi connectivity index (χ1) is 16.7. The number of pyridine rings is 1. The normalized spacial score (nSPS) is 13.8. The Morgan fingerprint density at radius 3 is 2.37 bits per heavy atom. The number of aromatic nitrogens is 1. The van der Waals surface area contributed by atoms with Gasteiger partial charge in [-0.1, -0.05) is 62.4 Å². The summed E-state index contributed by atoms with van der Waals surface area (Å²) in [5.41, 5.74) is 2.42. The first-order valence-electron chi connectivity index (χ1n) is 11.2. The van der Waals surface area contributed by atoms with Gasteiger partial charge in [0.15, 0.2) is 5.75 Å². The molecule has 3 aromatic rings. The maximum absolute atomic E-state index is 13.6. The third-order valence-electron chi connectivity index (χ3n) is 5.50. The molecule has 1 heterocycles. The number of hydrogen-bond donors (Lipinski definition) is 1. The number of aliphatic hydroxyl groups is 1. The Hall–Kier alpha value is -3.12. The first kappa shape index (κ1) is 26.5. The molecule has 8 heteroatoms. The van der Waals surface area contributed by atoms with Crippen molar-refractivity contribution >= 4 is 14.0 Å². The summed E-state index contributed by atoms with van der Waals surface area (Å²) in [5, 5.41) is 10.5. The van der Waals surface area contributed by atoms with Crippen molar-refractivity contribution in [2.75, 3.05) is 7.11 Å². The van der Waals surface area contributed by atoms with Crippen molar-refractivity contribution in [1.29, 1.82) is 0 Å². The molecule has 1 aromatic heterocycles. The fourth-order valence-electron chi connectivity index (χ4n) is 3.65. The van der Waals surface area contributed by atoms with Crippen LogP contribution in [0.5, 0.6) is 5.75 Å². The number of esters is 1. The van der Waals surface area contributed by atoms with Gasteiger partial charge in [-0.05, 0) is 29.7 Å². The summed E-state index contributed by atoms with van der Waals surface area (Å²) in [5.74, 6) is -0.995. The van der Waals surface area contributed by atoms with Gasteiger partial charge < -0.3 is 14.4 Å². The number of nitrogens with zero attached hydrogens (tertiary/aromatic N) is 1. The van der Waals surface area contributed by atoms with Gasteiger partial charge in [0.2, 0.25) is 8.03 Å². The highest BCUT2D eigenvalue weighted by Gasteiger charge is 2.27. The molecule has 0 aliphatic heterocycles. The van der Waals surface area contributed by atoms with E-state index >= 15 is 0 Å². The number of rotatable bonds is 10. The van der Waals surface area contributed by atoms with E-state index in [9.17, 15) is 18.9 Å². The van der Waals surface area contributed by atoms with Crippen molar-refractivity contribution < 1.29 is 28.1 Å². The number of carbonyl (C=O) groups excluding carboxylic acids is 1. The molecule has 0 aliphatic carbocycles. The molecule has 3 rings (SSSR count). The van der Waals surface area contributed by atoms with E-state index in [1.165, 1.54) is 25.3 Å². The van der Waals surface area contributed by atoms with E-state index in [0.29, 0.717) is 22.5 Å². The number of carbonyl (C=O) groups is 1. The molecule has 35 heavy (non-hydrogen) atoms. The maximum atomic E-state index is 13.6. The van der Waals surface area contributed by atoms with Crippen LogP contribution < -0.4 is 4.74 Å². The van der Waals surface area contributed by atoms with Crippen LogP contribution in [0.2, 0.25) is 0 Å². The van der Waals surface area contributed by atoms with E-state index < -0.39 is 32.2 Å². The zero-order chi connectivity index (χ0) is 25.5. The SMILES string of the molecule is C=CC(C(O)CC(=O)Oc1c(-c2ccc(F)cc2)cc(-c2ccccc2)nc1C(C)C)[PH](=O)OC. The van der Waals surface area contributed by atoms with Gasteiger partial charge in [0.25, 0.3) is 0 Å². The highest BCUT2D eigenvalue weighted by molar-refractivity contribution is 7.40. The van der Waals surface area contributed by atoms with E-state index in [2.05, 4.69) is 6.58 Å². The number of aliphatic hydroxyl groups excluding tert-OH is 1. The van der Waals surface area contributed by atoms with Gasteiger partial charge in [0, 0.05) is 18.2 Å². The Bertz CT molecular complexity index is 1200. The van der Waals surface area contributed by atoms with Gasteiger partial charge in [-0.2, -0.15) is 0 Å². The second-order valence-electron chi connectivity index (χ2n) is 8.33. The molecule has 0 bridgehead atoms. The molecule has 0 spiro atoms. The Morgan fingerprint density at radius 2 is 1.80 bits per heavy atom. The van der Waals surface area contributed by atoms with Crippen LogP contribution in [-0.4, -0.2) is 34.9 Å². The Kier molecular flexibility index (Phi) is 9.10. The van der Waals surface area contributed by atoms with Crippen LogP contribution >= 0.6 is 8.03 Å². The summed E-state index contributed by atoms with van der Waals surface area (Å²) in [6.45, 7) is 7.43. The molecule has 1 N–H and O–H groups in total. The topological polar surface area (TPSA) is 85.7 Å². The molecular weight excluding hydrogens is 468 g/mol. The van der Waals surface area contributed by atoms with Crippen LogP contribution in [0.1, 0.15) is 31.9 Å². The van der Waals surface area contributed by atoms with E-state index in [0.717, 1.165) is 5.56 Å². The van der Waals surface area contributed by atoms with Crippen molar-refractivity contribution in [2.45, 2.75) is 37.9 Å². The summed E-state index contributed by atoms with van der Waals surface area (Å²) < 4.78 is 36.3. The molecule has 0 aliphatic rings. The van der Waals surface area contributed by atoms with Gasteiger partial charge in [0.1, 0.15) is 5.82 Å². The molecule has 0 radical (unpaired) electrons. The molecule has 6 nitrogen and oxygen atoms in total. The minimum atomic E-state index is -2.62. The molecular formula is C27H29FNO5P. The lowest BCUT2D eigenvalue weighted by Gasteiger charge is -2.21.